The van der Waals surface area contributed by atoms with E-state index in [1.807, 2.05) is 55.7 Å². The number of nitrogens with zero attached hydrogens (tertiary/aromatic N) is 2. The number of carbonyl (C=O) groups is 11. The van der Waals surface area contributed by atoms with E-state index in [9.17, 15) is 62.2 Å². The molecule has 702 valence electrons. The van der Waals surface area contributed by atoms with E-state index in [0.29, 0.717) is 137 Å². The van der Waals surface area contributed by atoms with Gasteiger partial charge in [-0.3, -0.25) is 47.9 Å². The highest BCUT2D eigenvalue weighted by molar-refractivity contribution is 8.00. The molecule has 124 heavy (non-hydrogen) atoms. The lowest BCUT2D eigenvalue weighted by atomic mass is 9.83. The largest absolute Gasteiger partial charge is 0.481 e. The van der Waals surface area contributed by atoms with Crippen molar-refractivity contribution in [1.29, 1.82) is 0 Å². The lowest BCUT2D eigenvalue weighted by Gasteiger charge is -2.41. The number of rotatable bonds is 78. The Hall–Kier alpha value is -8.54. The standard InChI is InChI=1S/C82H130F2N10O29S/c1-60(89-72(98)16-22-109-26-30-113-35-38-117-40-42-119-44-46-121-48-50-123-51-49-122-47-45-120-43-41-118-39-37-116-33-29-112-25-21-95)78(104)90-61(2)79(105)92-67(54-70(85)96)80(106)87-18-9-20-94(77(82(3,4)5)69-52-63(65-53-64(83)12-13-66(65)84)57-93(69)56-62-10-7-6-8-11-62)75(101)59-124-58-68(81(107)108)91-73(99)17-23-110-27-31-114-34-36-115-32-28-111-24-19-86-74(100)55-88-71(97)14-15-76(102)103/h6-8,10-13,52-53,57,60-61,67-68,77,95H,9,14-51,54-56,58-59H2,1-5H3,(H2,85,96)(H,86,100)(H,87,106)(H,88,97)(H,89,98)(H,90,104)(H,91,99)(H,92,105)(H,102,103)(H,107,108)/t60-,61-,67-,68-,77-/m0/s1. The number of carboxylic acids is 2. The Labute approximate surface area is 726 Å². The number of thioether (sulfide) groups is 1. The highest BCUT2D eigenvalue weighted by Gasteiger charge is 2.38. The second kappa shape index (κ2) is 68.7. The number of halogens is 2. The maximum atomic E-state index is 15.6. The molecule has 9 amide bonds. The van der Waals surface area contributed by atoms with Crippen molar-refractivity contribution in [3.05, 3.63) is 83.7 Å². The summed E-state index contributed by atoms with van der Waals surface area (Å²) in [5.74, 6) is -10.6. The van der Waals surface area contributed by atoms with E-state index in [4.69, 9.17) is 87.0 Å². The zero-order valence-electron chi connectivity index (χ0n) is 71.9. The molecule has 1 aromatic heterocycles. The average molecular weight is 1790 g/mol. The Morgan fingerprint density at radius 3 is 1.40 bits per heavy atom. The molecule has 3 rings (SSSR count). The van der Waals surface area contributed by atoms with Gasteiger partial charge in [-0.25, -0.2) is 13.6 Å². The van der Waals surface area contributed by atoms with Gasteiger partial charge >= 0.3 is 11.9 Å². The second-order valence-corrected chi connectivity index (χ2v) is 29.6. The van der Waals surface area contributed by atoms with Crippen molar-refractivity contribution in [1.82, 2.24) is 46.7 Å². The summed E-state index contributed by atoms with van der Waals surface area (Å²) in [5, 5.41) is 45.1. The summed E-state index contributed by atoms with van der Waals surface area (Å²) in [4.78, 5) is 142. The molecule has 0 radical (unpaired) electrons. The van der Waals surface area contributed by atoms with Gasteiger partial charge in [0.15, 0.2) is 0 Å². The van der Waals surface area contributed by atoms with Crippen LogP contribution in [0.2, 0.25) is 0 Å². The molecule has 0 aliphatic rings. The summed E-state index contributed by atoms with van der Waals surface area (Å²) in [7, 11) is 0. The number of nitrogens with one attached hydrogen (secondary N) is 7. The summed E-state index contributed by atoms with van der Waals surface area (Å²) < 4.78 is 114. The fourth-order valence-electron chi connectivity index (χ4n) is 11.1. The van der Waals surface area contributed by atoms with Crippen LogP contribution in [-0.4, -0.2) is 357 Å². The van der Waals surface area contributed by atoms with Gasteiger partial charge in [0.2, 0.25) is 53.2 Å². The Bertz CT molecular complexity index is 3520. The van der Waals surface area contributed by atoms with Crippen LogP contribution in [0.5, 0.6) is 0 Å². The molecule has 0 aliphatic carbocycles. The summed E-state index contributed by atoms with van der Waals surface area (Å²) in [6.45, 7) is 17.5. The normalized spacial score (nSPS) is 12.6. The number of aliphatic carboxylic acids is 2. The zero-order valence-corrected chi connectivity index (χ0v) is 72.7. The third kappa shape index (κ3) is 53.7. The van der Waals surface area contributed by atoms with Gasteiger partial charge in [0, 0.05) is 74.2 Å². The molecule has 0 saturated heterocycles. The van der Waals surface area contributed by atoms with Crippen molar-refractivity contribution in [2.75, 3.05) is 242 Å². The minimum absolute atomic E-state index is 0.0109. The van der Waals surface area contributed by atoms with Gasteiger partial charge in [-0.15, -0.1) is 11.8 Å². The molecule has 2 aromatic carbocycles. The van der Waals surface area contributed by atoms with Gasteiger partial charge in [-0.2, -0.15) is 0 Å². The number of carboxylic acid groups (broad SMARTS) is 2. The van der Waals surface area contributed by atoms with E-state index >= 15 is 4.39 Å². The summed E-state index contributed by atoms with van der Waals surface area (Å²) >= 11 is 0.931. The number of aliphatic hydroxyl groups excluding tert-OH is 1. The van der Waals surface area contributed by atoms with E-state index in [-0.39, 0.29) is 161 Å². The van der Waals surface area contributed by atoms with Crippen LogP contribution in [0.25, 0.3) is 11.1 Å². The minimum atomic E-state index is -1.54. The van der Waals surface area contributed by atoms with Crippen molar-refractivity contribution in [3.63, 3.8) is 0 Å². The molecule has 5 atom stereocenters. The summed E-state index contributed by atoms with van der Waals surface area (Å²) in [5.41, 5.74) is 6.31. The fourth-order valence-corrected chi connectivity index (χ4v) is 12.1. The van der Waals surface area contributed by atoms with Crippen LogP contribution in [0.3, 0.4) is 0 Å². The highest BCUT2D eigenvalue weighted by atomic mass is 32.2. The van der Waals surface area contributed by atoms with Crippen molar-refractivity contribution in [3.8, 4) is 11.1 Å². The van der Waals surface area contributed by atoms with Crippen LogP contribution >= 0.6 is 11.8 Å². The molecule has 0 fully saturated rings. The van der Waals surface area contributed by atoms with Crippen LogP contribution in [0.15, 0.2) is 60.8 Å². The molecular weight excluding hydrogens is 1660 g/mol. The average Bonchev–Trinajstić information content (AvgIpc) is 1.59. The number of aliphatic hydroxyl groups is 1. The predicted molar refractivity (Wildman–Crippen MR) is 446 cm³/mol. The number of hydrogen-bond acceptors (Lipinski definition) is 28. The van der Waals surface area contributed by atoms with Crippen molar-refractivity contribution < 1.29 is 148 Å². The van der Waals surface area contributed by atoms with Crippen LogP contribution in [0, 0.1) is 17.0 Å². The Balaban J connectivity index is 1.43. The fraction of sp³-hybridized carbons (Fsp3) is 0.671. The molecule has 1 heterocycles. The molecule has 42 heteroatoms. The molecule has 3 aromatic rings. The van der Waals surface area contributed by atoms with E-state index in [0.717, 1.165) is 35.5 Å². The molecule has 0 aliphatic heterocycles. The van der Waals surface area contributed by atoms with E-state index in [2.05, 4.69) is 37.2 Å². The van der Waals surface area contributed by atoms with Crippen LogP contribution in [-0.2, 0) is 130 Å². The SMILES string of the molecule is C[C@H](NC(=O)CCOCCOCCOCCOCCOCCOCCOCCOCCOCCOCCOCCO)C(=O)N[C@@H](C)C(=O)N[C@@H](CC(N)=O)C(=O)NCCCN(C(=O)CSC[C@H](NC(=O)CCOCCOCCOCCOCCNC(=O)CNC(=O)CCC(=O)O)C(=O)O)[C@@H](c1cc(-c2cc(F)ccc2F)cn1Cc1ccccc1)C(C)(C)C. The smallest absolute Gasteiger partial charge is 0.327 e. The van der Waals surface area contributed by atoms with Crippen LogP contribution < -0.4 is 43.0 Å². The second-order valence-electron chi connectivity index (χ2n) is 28.5. The monoisotopic (exact) mass is 1790 g/mol. The van der Waals surface area contributed by atoms with E-state index in [1.54, 1.807) is 17.2 Å². The summed E-state index contributed by atoms with van der Waals surface area (Å²) in [6.07, 6.45) is 0.144. The van der Waals surface area contributed by atoms with Crippen molar-refractivity contribution in [2.45, 2.75) is 110 Å². The molecular formula is C82H130F2N10O29S. The Kier molecular flexibility index (Phi) is 60.7. The zero-order chi connectivity index (χ0) is 90.8. The van der Waals surface area contributed by atoms with Gasteiger partial charge in [0.05, 0.1) is 236 Å². The lowest BCUT2D eigenvalue weighted by Crippen LogP contribution is -2.56. The third-order valence-corrected chi connectivity index (χ3v) is 18.3. The number of nitrogens with two attached hydrogens (primary N) is 1. The number of amides is 9. The number of ether oxygens (including phenoxy) is 15. The van der Waals surface area contributed by atoms with Crippen molar-refractivity contribution in [2.24, 2.45) is 11.1 Å². The number of aromatic nitrogens is 1. The third-order valence-electron chi connectivity index (χ3n) is 17.3. The molecule has 0 saturated carbocycles. The lowest BCUT2D eigenvalue weighted by molar-refractivity contribution is -0.141. The van der Waals surface area contributed by atoms with Gasteiger partial charge in [0.1, 0.15) is 35.8 Å². The van der Waals surface area contributed by atoms with Gasteiger partial charge in [-0.05, 0) is 55.5 Å². The van der Waals surface area contributed by atoms with Crippen LogP contribution in [0.1, 0.15) is 90.4 Å². The van der Waals surface area contributed by atoms with Crippen molar-refractivity contribution >= 4 is 76.9 Å². The molecule has 0 spiro atoms. The predicted octanol–water partition coefficient (Wildman–Crippen LogP) is 0.695. The number of primary amides is 1. The maximum absolute atomic E-state index is 15.6. The minimum Gasteiger partial charge on any atom is -0.481 e. The molecule has 12 N–H and O–H groups in total. The maximum Gasteiger partial charge on any atom is 0.327 e. The first-order chi connectivity index (χ1) is 59.7. The van der Waals surface area contributed by atoms with Gasteiger partial charge < -0.3 is 139 Å². The molecule has 0 bridgehead atoms. The Morgan fingerprint density at radius 2 is 0.935 bits per heavy atom. The highest BCUT2D eigenvalue weighted by Crippen LogP contribution is 2.41. The topological polar surface area (TPSA) is 505 Å². The first-order valence-corrected chi connectivity index (χ1v) is 42.4. The first kappa shape index (κ1) is 110. The quantitative estimate of drug-likeness (QED) is 0.0346. The Morgan fingerprint density at radius 1 is 0.484 bits per heavy atom. The van der Waals surface area contributed by atoms with Gasteiger partial charge in [0.25, 0.3) is 0 Å². The molecule has 39 nitrogen and oxygen atoms in total. The van der Waals surface area contributed by atoms with E-state index in [1.165, 1.54) is 13.8 Å². The first-order valence-electron chi connectivity index (χ1n) is 41.3. The number of benzene rings is 2. The van der Waals surface area contributed by atoms with E-state index < -0.39 is 119 Å². The molecule has 0 unspecified atom stereocenters. The number of carbonyl (C=O) groups excluding carboxylic acids is 9. The van der Waals surface area contributed by atoms with Gasteiger partial charge in [-0.1, -0.05) is 51.1 Å². The summed E-state index contributed by atoms with van der Waals surface area (Å²) in [6, 6.07) is 7.73. The van der Waals surface area contributed by atoms with Crippen LogP contribution in [0.4, 0.5) is 8.78 Å². The number of hydrogen-bond donors (Lipinski definition) is 11.